The van der Waals surface area contributed by atoms with Crippen LogP contribution in [0, 0.1) is 6.92 Å². The van der Waals surface area contributed by atoms with Crippen molar-refractivity contribution < 1.29 is 23.9 Å². The van der Waals surface area contributed by atoms with E-state index in [1.54, 1.807) is 38.7 Å². The molecule has 13 heteroatoms. The van der Waals surface area contributed by atoms with Gasteiger partial charge in [-0.25, -0.2) is 14.8 Å². The van der Waals surface area contributed by atoms with Crippen molar-refractivity contribution in [2.45, 2.75) is 58.7 Å². The lowest BCUT2D eigenvalue weighted by atomic mass is 9.96. The highest BCUT2D eigenvalue weighted by molar-refractivity contribution is 6.39. The number of hydrogen-bond donors (Lipinski definition) is 1. The van der Waals surface area contributed by atoms with E-state index in [2.05, 4.69) is 10.3 Å². The second-order valence-electron chi connectivity index (χ2n) is 13.6. The number of aromatic nitrogens is 3. The molecule has 1 aliphatic rings. The molecule has 0 radical (unpaired) electrons. The molecule has 0 saturated carbocycles. The number of amides is 2. The lowest BCUT2D eigenvalue weighted by Crippen LogP contribution is -2.43. The number of rotatable bonds is 9. The number of carbonyl (C=O) groups excluding carboxylic acids is 3. The number of nitrogens with one attached hydrogen (secondary N) is 1. The molecule has 1 saturated heterocycles. The molecule has 3 aromatic heterocycles. The molecule has 2 aromatic carbocycles. The zero-order chi connectivity index (χ0) is 37.3. The van der Waals surface area contributed by atoms with Crippen LogP contribution >= 0.6 is 23.2 Å². The van der Waals surface area contributed by atoms with Crippen molar-refractivity contribution >= 4 is 47.1 Å². The van der Waals surface area contributed by atoms with Gasteiger partial charge in [0.05, 0.1) is 35.0 Å². The molecule has 1 atom stereocenters. The van der Waals surface area contributed by atoms with Gasteiger partial charge in [-0.05, 0) is 63.9 Å². The number of aldehydes is 1. The van der Waals surface area contributed by atoms with Gasteiger partial charge in [0.1, 0.15) is 11.2 Å². The van der Waals surface area contributed by atoms with Crippen LogP contribution in [0.15, 0.2) is 71.7 Å². The summed E-state index contributed by atoms with van der Waals surface area (Å²) in [5.41, 5.74) is 4.43. The summed E-state index contributed by atoms with van der Waals surface area (Å²) in [7, 11) is 1.51. The normalized spacial score (nSPS) is 14.3. The molecule has 2 amide bonds. The topological polar surface area (TPSA) is 132 Å². The van der Waals surface area contributed by atoms with Gasteiger partial charge in [-0.2, -0.15) is 0 Å². The lowest BCUT2D eigenvalue weighted by Gasteiger charge is -2.29. The van der Waals surface area contributed by atoms with E-state index < -0.39 is 17.3 Å². The van der Waals surface area contributed by atoms with E-state index in [1.165, 1.54) is 17.7 Å². The van der Waals surface area contributed by atoms with E-state index in [4.69, 9.17) is 37.7 Å². The third kappa shape index (κ3) is 7.51. The Labute approximate surface area is 310 Å². The Morgan fingerprint density at radius 3 is 2.33 bits per heavy atom. The number of aryl methyl sites for hydroxylation is 1. The molecule has 268 valence electrons. The lowest BCUT2D eigenvalue weighted by molar-refractivity contribution is -0.119. The fourth-order valence-corrected chi connectivity index (χ4v) is 6.93. The molecule has 0 spiro atoms. The Morgan fingerprint density at radius 1 is 1.02 bits per heavy atom. The highest BCUT2D eigenvalue weighted by Crippen LogP contribution is 2.42. The van der Waals surface area contributed by atoms with Gasteiger partial charge in [-0.15, -0.1) is 0 Å². The number of pyridine rings is 2. The van der Waals surface area contributed by atoms with Crippen molar-refractivity contribution in [3.8, 4) is 39.4 Å². The van der Waals surface area contributed by atoms with Gasteiger partial charge in [0.25, 0.3) is 5.56 Å². The van der Waals surface area contributed by atoms with E-state index in [1.807, 2.05) is 54.6 Å². The third-order valence-corrected chi connectivity index (χ3v) is 9.50. The Balaban J connectivity index is 1.33. The van der Waals surface area contributed by atoms with Crippen molar-refractivity contribution in [2.24, 2.45) is 0 Å². The largest absolute Gasteiger partial charge is 0.481 e. The quantitative estimate of drug-likeness (QED) is 0.153. The van der Waals surface area contributed by atoms with E-state index in [9.17, 15) is 19.2 Å². The molecular weight excluding hydrogens is 705 g/mol. The van der Waals surface area contributed by atoms with Crippen molar-refractivity contribution in [1.29, 1.82) is 0 Å². The zero-order valence-corrected chi connectivity index (χ0v) is 30.8. The smallest absolute Gasteiger partial charge is 0.410 e. The van der Waals surface area contributed by atoms with Crippen molar-refractivity contribution in [3.05, 3.63) is 104 Å². The SMILES string of the molecule is COc1nc(-c2cccc(-c3cccc(-c4cc(C)n5c(=O)c(C=O)cnc5c4)c3Cl)c2Cl)ccc1CN(C[C@@H]1CCC(=O)N1)C(=O)OC(C)(C)C. The Bertz CT molecular complexity index is 2280. The van der Waals surface area contributed by atoms with Crippen LogP contribution < -0.4 is 15.6 Å². The molecule has 6 rings (SSSR count). The first-order valence-electron chi connectivity index (χ1n) is 16.6. The minimum absolute atomic E-state index is 0.0250. The molecule has 0 bridgehead atoms. The summed E-state index contributed by atoms with van der Waals surface area (Å²) in [6.45, 7) is 7.59. The maximum absolute atomic E-state index is 13.3. The molecule has 4 heterocycles. The molecule has 1 N–H and O–H groups in total. The molecule has 0 aliphatic carbocycles. The number of methoxy groups -OCH3 is 1. The van der Waals surface area contributed by atoms with Gasteiger partial charge in [-0.1, -0.05) is 59.6 Å². The van der Waals surface area contributed by atoms with Crippen LogP contribution in [0.3, 0.4) is 0 Å². The number of hydrogen-bond acceptors (Lipinski definition) is 8. The number of carbonyl (C=O) groups is 3. The van der Waals surface area contributed by atoms with Gasteiger partial charge < -0.3 is 19.7 Å². The average Bonchev–Trinajstić information content (AvgIpc) is 3.51. The first kappa shape index (κ1) is 36.5. The summed E-state index contributed by atoms with van der Waals surface area (Å²) in [6.07, 6.45) is 2.29. The fraction of sp³-hybridized carbons (Fsp3) is 0.282. The van der Waals surface area contributed by atoms with Crippen LogP contribution in [0.25, 0.3) is 39.2 Å². The molecule has 5 aromatic rings. The summed E-state index contributed by atoms with van der Waals surface area (Å²) in [6, 6.07) is 18.2. The van der Waals surface area contributed by atoms with Crippen LogP contribution in [0.4, 0.5) is 4.79 Å². The average molecular weight is 743 g/mol. The van der Waals surface area contributed by atoms with Gasteiger partial charge in [0, 0.05) is 58.7 Å². The summed E-state index contributed by atoms with van der Waals surface area (Å²) in [5, 5.41) is 3.78. The standard InChI is InChI=1S/C39H37Cl2N5O6/c1-22-16-24(17-32-42-18-25(21-47)37(49)46(22)32)27-8-6-9-28(34(27)40)29-10-7-11-30(35(29)41)31-14-12-23(36(44-31)51-5)19-45(38(50)52-39(2,3)4)20-26-13-15-33(48)43-26/h6-12,14,16-18,21,26H,13,15,19-20H2,1-5H3,(H,43,48)/t26-/m0/s1. The molecule has 1 aliphatic heterocycles. The monoisotopic (exact) mass is 741 g/mol. The fourth-order valence-electron chi connectivity index (χ4n) is 6.26. The molecular formula is C39H37Cl2N5O6. The maximum Gasteiger partial charge on any atom is 0.410 e. The first-order chi connectivity index (χ1) is 24.8. The summed E-state index contributed by atoms with van der Waals surface area (Å²) in [5.74, 6) is 0.265. The van der Waals surface area contributed by atoms with Crippen LogP contribution in [-0.4, -0.2) is 62.9 Å². The Hall–Kier alpha value is -5.26. The zero-order valence-electron chi connectivity index (χ0n) is 29.3. The predicted octanol–water partition coefficient (Wildman–Crippen LogP) is 7.54. The van der Waals surface area contributed by atoms with Crippen LogP contribution in [-0.2, 0) is 16.1 Å². The number of halogens is 2. The van der Waals surface area contributed by atoms with Gasteiger partial charge in [-0.3, -0.25) is 18.8 Å². The highest BCUT2D eigenvalue weighted by atomic mass is 35.5. The van der Waals surface area contributed by atoms with Crippen LogP contribution in [0.2, 0.25) is 10.0 Å². The van der Waals surface area contributed by atoms with Crippen LogP contribution in [0.5, 0.6) is 5.88 Å². The van der Waals surface area contributed by atoms with E-state index in [-0.39, 0.29) is 30.6 Å². The van der Waals surface area contributed by atoms with Crippen molar-refractivity contribution in [1.82, 2.24) is 24.6 Å². The van der Waals surface area contributed by atoms with Gasteiger partial charge in [0.15, 0.2) is 6.29 Å². The summed E-state index contributed by atoms with van der Waals surface area (Å²) < 4.78 is 12.8. The van der Waals surface area contributed by atoms with Crippen molar-refractivity contribution in [2.75, 3.05) is 13.7 Å². The molecule has 0 unspecified atom stereocenters. The minimum Gasteiger partial charge on any atom is -0.481 e. The second-order valence-corrected chi connectivity index (χ2v) is 14.3. The number of benzene rings is 2. The van der Waals surface area contributed by atoms with Gasteiger partial charge >= 0.3 is 6.09 Å². The minimum atomic E-state index is -0.709. The second kappa shape index (κ2) is 14.8. The highest BCUT2D eigenvalue weighted by Gasteiger charge is 2.29. The van der Waals surface area contributed by atoms with Crippen LogP contribution in [0.1, 0.15) is 55.2 Å². The van der Waals surface area contributed by atoms with E-state index in [0.29, 0.717) is 79.9 Å². The predicted molar refractivity (Wildman–Crippen MR) is 200 cm³/mol. The third-order valence-electron chi connectivity index (χ3n) is 8.69. The Morgan fingerprint density at radius 2 is 1.69 bits per heavy atom. The number of fused-ring (bicyclic) bond motifs is 1. The molecule has 1 fully saturated rings. The number of ether oxygens (including phenoxy) is 2. The molecule has 52 heavy (non-hydrogen) atoms. The first-order valence-corrected chi connectivity index (χ1v) is 17.4. The number of nitrogens with zero attached hydrogens (tertiary/aromatic N) is 4. The summed E-state index contributed by atoms with van der Waals surface area (Å²) in [4.78, 5) is 59.9. The molecule has 11 nitrogen and oxygen atoms in total. The van der Waals surface area contributed by atoms with E-state index >= 15 is 0 Å². The maximum atomic E-state index is 13.3. The van der Waals surface area contributed by atoms with E-state index in [0.717, 1.165) is 5.56 Å². The van der Waals surface area contributed by atoms with Gasteiger partial charge in [0.2, 0.25) is 11.8 Å². The Kier molecular flexibility index (Phi) is 10.4. The summed E-state index contributed by atoms with van der Waals surface area (Å²) >= 11 is 14.2. The van der Waals surface area contributed by atoms with Crippen molar-refractivity contribution in [3.63, 3.8) is 0 Å².